The minimum absolute atomic E-state index is 0.0132. The quantitative estimate of drug-likeness (QED) is 0.592. The Morgan fingerprint density at radius 3 is 2.38 bits per heavy atom. The van der Waals surface area contributed by atoms with Crippen LogP contribution in [0.3, 0.4) is 0 Å². The first-order valence-corrected chi connectivity index (χ1v) is 9.74. The van der Waals surface area contributed by atoms with Crippen molar-refractivity contribution >= 4 is 5.78 Å². The molecule has 0 aromatic heterocycles. The van der Waals surface area contributed by atoms with E-state index < -0.39 is 0 Å². The molecule has 0 amide bonds. The van der Waals surface area contributed by atoms with Crippen molar-refractivity contribution in [2.75, 3.05) is 0 Å². The molecule has 3 heteroatoms. The highest BCUT2D eigenvalue weighted by Gasteiger charge is 2.29. The zero-order valence-electron chi connectivity index (χ0n) is 15.3. The van der Waals surface area contributed by atoms with Crippen molar-refractivity contribution in [1.82, 2.24) is 0 Å². The maximum Gasteiger partial charge on any atom is 0.160 e. The van der Waals surface area contributed by atoms with Crippen LogP contribution in [0.5, 0.6) is 5.75 Å². The molecule has 2 aliphatic rings. The molecule has 26 heavy (non-hydrogen) atoms. The summed E-state index contributed by atoms with van der Waals surface area (Å²) in [6.45, 7) is 1.57. The molecule has 2 aromatic rings. The van der Waals surface area contributed by atoms with Crippen molar-refractivity contribution in [3.8, 4) is 16.9 Å². The van der Waals surface area contributed by atoms with Gasteiger partial charge in [0, 0.05) is 11.1 Å². The van der Waals surface area contributed by atoms with E-state index >= 15 is 0 Å². The van der Waals surface area contributed by atoms with Crippen LogP contribution in [-0.4, -0.2) is 11.9 Å². The number of carbonyl (C=O) groups excluding carboxylic acids is 1. The summed E-state index contributed by atoms with van der Waals surface area (Å²) in [7, 11) is 0. The van der Waals surface area contributed by atoms with E-state index in [4.69, 9.17) is 4.74 Å². The van der Waals surface area contributed by atoms with Crippen molar-refractivity contribution in [2.24, 2.45) is 0 Å². The van der Waals surface area contributed by atoms with Crippen LogP contribution in [0.25, 0.3) is 11.1 Å². The Hall–Kier alpha value is -2.16. The third kappa shape index (κ3) is 3.15. The fourth-order valence-corrected chi connectivity index (χ4v) is 4.25. The second-order valence-corrected chi connectivity index (χ2v) is 7.59. The summed E-state index contributed by atoms with van der Waals surface area (Å²) in [6, 6.07) is 10.8. The van der Waals surface area contributed by atoms with Crippen LogP contribution in [0.1, 0.15) is 73.7 Å². The maximum absolute atomic E-state index is 14.8. The standard InChI is InChI=1S/C23H25FO2/c1-15(25)18-11-6-14-21(26-17-9-2-3-10-17)23(18)19-12-5-13-20(24)22(19)16-7-4-8-16/h5-6,11-14,16-17H,2-4,7-10H2,1H3. The van der Waals surface area contributed by atoms with E-state index in [1.165, 1.54) is 18.9 Å². The molecule has 0 saturated heterocycles. The van der Waals surface area contributed by atoms with Crippen molar-refractivity contribution in [2.45, 2.75) is 63.9 Å². The van der Waals surface area contributed by atoms with Gasteiger partial charge in [-0.2, -0.15) is 0 Å². The average molecular weight is 352 g/mol. The molecular weight excluding hydrogens is 327 g/mol. The number of benzene rings is 2. The van der Waals surface area contributed by atoms with Crippen molar-refractivity contribution in [1.29, 1.82) is 0 Å². The van der Waals surface area contributed by atoms with E-state index in [1.807, 2.05) is 24.3 Å². The van der Waals surface area contributed by atoms with E-state index in [0.717, 1.165) is 54.5 Å². The lowest BCUT2D eigenvalue weighted by Gasteiger charge is -2.29. The molecule has 0 N–H and O–H groups in total. The first-order valence-electron chi connectivity index (χ1n) is 9.74. The summed E-state index contributed by atoms with van der Waals surface area (Å²) in [4.78, 5) is 12.3. The lowest BCUT2D eigenvalue weighted by Crippen LogP contribution is -2.15. The van der Waals surface area contributed by atoms with Gasteiger partial charge in [0.05, 0.1) is 6.10 Å². The number of carbonyl (C=O) groups is 1. The zero-order chi connectivity index (χ0) is 18.1. The van der Waals surface area contributed by atoms with Gasteiger partial charge in [0.25, 0.3) is 0 Å². The van der Waals surface area contributed by atoms with Gasteiger partial charge in [0.15, 0.2) is 5.78 Å². The molecule has 2 fully saturated rings. The number of hydrogen-bond acceptors (Lipinski definition) is 2. The third-order valence-corrected chi connectivity index (χ3v) is 5.84. The van der Waals surface area contributed by atoms with Gasteiger partial charge in [-0.3, -0.25) is 4.79 Å². The Bertz CT molecular complexity index is 817. The Balaban J connectivity index is 1.87. The topological polar surface area (TPSA) is 26.3 Å². The molecule has 0 atom stereocenters. The fraction of sp³-hybridized carbons (Fsp3) is 0.435. The van der Waals surface area contributed by atoms with Crippen LogP contribution in [-0.2, 0) is 0 Å². The van der Waals surface area contributed by atoms with Crippen LogP contribution >= 0.6 is 0 Å². The maximum atomic E-state index is 14.8. The monoisotopic (exact) mass is 352 g/mol. The van der Waals surface area contributed by atoms with Gasteiger partial charge in [-0.25, -0.2) is 4.39 Å². The molecule has 0 unspecified atom stereocenters. The van der Waals surface area contributed by atoms with Gasteiger partial charge in [-0.1, -0.05) is 30.7 Å². The van der Waals surface area contributed by atoms with Gasteiger partial charge in [-0.05, 0) is 74.6 Å². The molecule has 0 heterocycles. The molecule has 0 aliphatic heterocycles. The second kappa shape index (κ2) is 7.22. The highest BCUT2D eigenvalue weighted by atomic mass is 19.1. The minimum atomic E-state index is -0.169. The molecule has 4 rings (SSSR count). The number of Topliss-reactive ketones (excluding diaryl/α,β-unsaturated/α-hetero) is 1. The molecule has 2 saturated carbocycles. The predicted molar refractivity (Wildman–Crippen MR) is 101 cm³/mol. The summed E-state index contributed by atoms with van der Waals surface area (Å²) in [6.07, 6.45) is 7.79. The van der Waals surface area contributed by atoms with E-state index in [9.17, 15) is 9.18 Å². The second-order valence-electron chi connectivity index (χ2n) is 7.59. The summed E-state index contributed by atoms with van der Waals surface area (Å²) >= 11 is 0. The Morgan fingerprint density at radius 2 is 1.73 bits per heavy atom. The van der Waals surface area contributed by atoms with Crippen molar-refractivity contribution in [3.05, 3.63) is 53.3 Å². The summed E-state index contributed by atoms with van der Waals surface area (Å²) in [5.74, 6) is 0.777. The molecule has 0 radical (unpaired) electrons. The van der Waals surface area contributed by atoms with Crippen LogP contribution in [0, 0.1) is 5.82 Å². The van der Waals surface area contributed by atoms with Gasteiger partial charge in [-0.15, -0.1) is 0 Å². The van der Waals surface area contributed by atoms with E-state index in [-0.39, 0.29) is 23.6 Å². The molecule has 0 bridgehead atoms. The third-order valence-electron chi connectivity index (χ3n) is 5.84. The number of hydrogen-bond donors (Lipinski definition) is 0. The van der Waals surface area contributed by atoms with Gasteiger partial charge in [0.1, 0.15) is 11.6 Å². The van der Waals surface area contributed by atoms with Crippen LogP contribution in [0.2, 0.25) is 0 Å². The fourth-order valence-electron chi connectivity index (χ4n) is 4.25. The summed E-state index contributed by atoms with van der Waals surface area (Å²) in [5.41, 5.74) is 2.97. The molecule has 2 aromatic carbocycles. The minimum Gasteiger partial charge on any atom is -0.490 e. The molecule has 2 nitrogen and oxygen atoms in total. The van der Waals surface area contributed by atoms with Crippen molar-refractivity contribution in [3.63, 3.8) is 0 Å². The highest BCUT2D eigenvalue weighted by Crippen LogP contribution is 2.46. The largest absolute Gasteiger partial charge is 0.490 e. The van der Waals surface area contributed by atoms with E-state index in [1.54, 1.807) is 13.0 Å². The first-order chi connectivity index (χ1) is 12.6. The smallest absolute Gasteiger partial charge is 0.160 e. The lowest BCUT2D eigenvalue weighted by molar-refractivity contribution is 0.101. The molecule has 136 valence electrons. The zero-order valence-corrected chi connectivity index (χ0v) is 15.3. The first kappa shape index (κ1) is 17.3. The van der Waals surface area contributed by atoms with Gasteiger partial charge < -0.3 is 4.74 Å². The number of ether oxygens (including phenoxy) is 1. The van der Waals surface area contributed by atoms with E-state index in [0.29, 0.717) is 5.56 Å². The average Bonchev–Trinajstić information content (AvgIpc) is 3.08. The van der Waals surface area contributed by atoms with E-state index in [2.05, 4.69) is 0 Å². The predicted octanol–water partition coefficient (Wildman–Crippen LogP) is 6.28. The molecule has 2 aliphatic carbocycles. The molecule has 0 spiro atoms. The normalized spacial score (nSPS) is 17.9. The van der Waals surface area contributed by atoms with Crippen molar-refractivity contribution < 1.29 is 13.9 Å². The lowest BCUT2D eigenvalue weighted by atomic mass is 9.76. The Labute approximate surface area is 154 Å². The summed E-state index contributed by atoms with van der Waals surface area (Å²) < 4.78 is 21.1. The number of halogens is 1. The van der Waals surface area contributed by atoms with Crippen LogP contribution in [0.4, 0.5) is 4.39 Å². The molecular formula is C23H25FO2. The van der Waals surface area contributed by atoms with Gasteiger partial charge in [0.2, 0.25) is 0 Å². The van der Waals surface area contributed by atoms with Crippen LogP contribution in [0.15, 0.2) is 36.4 Å². The van der Waals surface area contributed by atoms with Gasteiger partial charge >= 0.3 is 0 Å². The number of rotatable bonds is 5. The van der Waals surface area contributed by atoms with Crippen LogP contribution < -0.4 is 4.74 Å². The Morgan fingerprint density at radius 1 is 1.00 bits per heavy atom. The highest BCUT2D eigenvalue weighted by molar-refractivity contribution is 6.02. The SMILES string of the molecule is CC(=O)c1cccc(OC2CCCC2)c1-c1cccc(F)c1C1CCC1. The Kier molecular flexibility index (Phi) is 4.80. The summed E-state index contributed by atoms with van der Waals surface area (Å²) in [5, 5.41) is 0. The number of ketones is 1.